The van der Waals surface area contributed by atoms with E-state index in [0.29, 0.717) is 0 Å². The number of nitrogens with one attached hydrogen (secondary N) is 1. The van der Waals surface area contributed by atoms with Gasteiger partial charge in [0.25, 0.3) is 5.69 Å². The van der Waals surface area contributed by atoms with Gasteiger partial charge < -0.3 is 10.1 Å². The van der Waals surface area contributed by atoms with E-state index in [2.05, 4.69) is 17.2 Å². The predicted octanol–water partition coefficient (Wildman–Crippen LogP) is 4.96. The predicted molar refractivity (Wildman–Crippen MR) is 101 cm³/mol. The van der Waals surface area contributed by atoms with Gasteiger partial charge in [-0.05, 0) is 42.3 Å². The molecule has 25 heavy (non-hydrogen) atoms. The fraction of sp³-hybridized carbons (Fsp3) is 0.316. The highest BCUT2D eigenvalue weighted by Crippen LogP contribution is 2.29. The first-order valence-electron chi connectivity index (χ1n) is 8.34. The molecule has 2 rings (SSSR count). The topological polar surface area (TPSA) is 76.8 Å². The van der Waals surface area contributed by atoms with Crippen LogP contribution in [0.3, 0.4) is 0 Å². The zero-order valence-electron chi connectivity index (χ0n) is 14.6. The average Bonchev–Trinajstić information content (AvgIpc) is 2.64. The zero-order valence-corrected chi connectivity index (χ0v) is 14.6. The maximum Gasteiger partial charge on any atom is 0.269 e. The van der Waals surface area contributed by atoms with Crippen molar-refractivity contribution in [1.82, 2.24) is 0 Å². The summed E-state index contributed by atoms with van der Waals surface area (Å²) in [6.07, 6.45) is 5.16. The Kier molecular flexibility index (Phi) is 6.95. The quantitative estimate of drug-likeness (QED) is 0.303. The Morgan fingerprint density at radius 3 is 2.60 bits per heavy atom. The summed E-state index contributed by atoms with van der Waals surface area (Å²) in [7, 11) is 1.65. The number of hydrogen-bond donors (Lipinski definition) is 1. The third-order valence-electron chi connectivity index (χ3n) is 3.75. The number of nitro benzene ring substituents is 1. The van der Waals surface area contributed by atoms with Crippen LogP contribution in [0.4, 0.5) is 17.1 Å². The van der Waals surface area contributed by atoms with E-state index in [4.69, 9.17) is 4.74 Å². The average molecular weight is 341 g/mol. The monoisotopic (exact) mass is 341 g/mol. The number of aliphatic imine (C=N–C) groups is 1. The minimum Gasteiger partial charge on any atom is -0.495 e. The summed E-state index contributed by atoms with van der Waals surface area (Å²) in [4.78, 5) is 14.7. The summed E-state index contributed by atoms with van der Waals surface area (Å²) in [5.74, 6) is 0.783. The van der Waals surface area contributed by atoms with Gasteiger partial charge in [0, 0.05) is 24.9 Å². The van der Waals surface area contributed by atoms with Crippen molar-refractivity contribution < 1.29 is 9.66 Å². The molecule has 0 aliphatic carbocycles. The minimum absolute atomic E-state index is 0.0696. The molecule has 2 aromatic rings. The Bertz CT molecular complexity index is 727. The molecular formula is C19H23N3O3. The van der Waals surface area contributed by atoms with Crippen molar-refractivity contribution in [2.45, 2.75) is 26.2 Å². The second kappa shape index (κ2) is 9.42. The number of anilines is 1. The van der Waals surface area contributed by atoms with Gasteiger partial charge in [0.05, 0.1) is 23.4 Å². The van der Waals surface area contributed by atoms with E-state index < -0.39 is 4.92 Å². The number of unbranched alkanes of at least 4 members (excludes halogenated alkanes) is 2. The van der Waals surface area contributed by atoms with Crippen LogP contribution in [0, 0.1) is 10.1 Å². The van der Waals surface area contributed by atoms with Gasteiger partial charge >= 0.3 is 0 Å². The van der Waals surface area contributed by atoms with Crippen molar-refractivity contribution in [3.63, 3.8) is 0 Å². The molecule has 0 atom stereocenters. The fourth-order valence-electron chi connectivity index (χ4n) is 2.34. The molecule has 0 aliphatic heterocycles. The number of benzene rings is 2. The van der Waals surface area contributed by atoms with Crippen molar-refractivity contribution in [3.8, 4) is 5.75 Å². The molecule has 0 bridgehead atoms. The third-order valence-corrected chi connectivity index (χ3v) is 3.75. The van der Waals surface area contributed by atoms with Gasteiger partial charge in [0.1, 0.15) is 5.75 Å². The summed E-state index contributed by atoms with van der Waals surface area (Å²) in [5, 5.41) is 14.1. The van der Waals surface area contributed by atoms with Gasteiger partial charge in [-0.15, -0.1) is 0 Å². The highest BCUT2D eigenvalue weighted by atomic mass is 16.6. The standard InChI is InChI=1S/C19H23N3O3/c1-3-4-5-12-20-18-13-16(8-11-19(18)25-2)21-14-15-6-9-17(10-7-15)22(23)24/h6-11,13-14,20H,3-5,12H2,1-2H3. The molecule has 2 aromatic carbocycles. The third kappa shape index (κ3) is 5.60. The zero-order chi connectivity index (χ0) is 18.1. The number of hydrogen-bond acceptors (Lipinski definition) is 5. The van der Waals surface area contributed by atoms with E-state index in [1.165, 1.54) is 25.0 Å². The SMILES string of the molecule is CCCCCNc1cc(N=Cc2ccc([N+](=O)[O-])cc2)ccc1OC. The van der Waals surface area contributed by atoms with Gasteiger partial charge in [0.2, 0.25) is 0 Å². The van der Waals surface area contributed by atoms with Crippen molar-refractivity contribution in [1.29, 1.82) is 0 Å². The summed E-state index contributed by atoms with van der Waals surface area (Å²) < 4.78 is 5.38. The molecular weight excluding hydrogens is 318 g/mol. The number of ether oxygens (including phenoxy) is 1. The summed E-state index contributed by atoms with van der Waals surface area (Å²) in [6, 6.07) is 12.0. The van der Waals surface area contributed by atoms with Crippen LogP contribution in [0.2, 0.25) is 0 Å². The molecule has 1 N–H and O–H groups in total. The van der Waals surface area contributed by atoms with Crippen molar-refractivity contribution >= 4 is 23.3 Å². The lowest BCUT2D eigenvalue weighted by molar-refractivity contribution is -0.384. The Balaban J connectivity index is 2.08. The molecule has 0 fully saturated rings. The minimum atomic E-state index is -0.416. The lowest BCUT2D eigenvalue weighted by atomic mass is 10.2. The van der Waals surface area contributed by atoms with Crippen LogP contribution >= 0.6 is 0 Å². The summed E-state index contributed by atoms with van der Waals surface area (Å²) in [6.45, 7) is 3.06. The summed E-state index contributed by atoms with van der Waals surface area (Å²) in [5.41, 5.74) is 2.58. The van der Waals surface area contributed by atoms with Crippen LogP contribution in [0.25, 0.3) is 0 Å². The van der Waals surface area contributed by atoms with Gasteiger partial charge in [0.15, 0.2) is 0 Å². The van der Waals surface area contributed by atoms with Crippen molar-refractivity contribution in [3.05, 3.63) is 58.1 Å². The van der Waals surface area contributed by atoms with Crippen LogP contribution in [0.15, 0.2) is 47.5 Å². The lowest BCUT2D eigenvalue weighted by Crippen LogP contribution is -2.02. The van der Waals surface area contributed by atoms with E-state index in [-0.39, 0.29) is 5.69 Å². The molecule has 6 heteroatoms. The lowest BCUT2D eigenvalue weighted by Gasteiger charge is -2.11. The van der Waals surface area contributed by atoms with Crippen molar-refractivity contribution in [2.75, 3.05) is 19.0 Å². The van der Waals surface area contributed by atoms with Gasteiger partial charge in [-0.3, -0.25) is 15.1 Å². The van der Waals surface area contributed by atoms with Crippen LogP contribution in [-0.4, -0.2) is 24.8 Å². The molecule has 0 spiro atoms. The number of nitro groups is 1. The molecule has 6 nitrogen and oxygen atoms in total. The first kappa shape index (κ1) is 18.4. The smallest absolute Gasteiger partial charge is 0.269 e. The molecule has 0 amide bonds. The van der Waals surface area contributed by atoms with Gasteiger partial charge in [-0.25, -0.2) is 0 Å². The Morgan fingerprint density at radius 1 is 1.20 bits per heavy atom. The first-order valence-corrected chi connectivity index (χ1v) is 8.34. The number of methoxy groups -OCH3 is 1. The molecule has 0 radical (unpaired) electrons. The van der Waals surface area contributed by atoms with E-state index in [0.717, 1.165) is 35.7 Å². The molecule has 0 saturated carbocycles. The van der Waals surface area contributed by atoms with Gasteiger partial charge in [-0.1, -0.05) is 19.8 Å². The van der Waals surface area contributed by atoms with Crippen LogP contribution in [-0.2, 0) is 0 Å². The maximum atomic E-state index is 10.7. The van der Waals surface area contributed by atoms with Crippen LogP contribution in [0.1, 0.15) is 31.7 Å². The first-order chi connectivity index (χ1) is 12.1. The van der Waals surface area contributed by atoms with E-state index in [1.54, 1.807) is 25.5 Å². The molecule has 132 valence electrons. The van der Waals surface area contributed by atoms with E-state index >= 15 is 0 Å². The van der Waals surface area contributed by atoms with Crippen LogP contribution < -0.4 is 10.1 Å². The Labute approximate surface area is 147 Å². The van der Waals surface area contributed by atoms with Crippen LogP contribution in [0.5, 0.6) is 5.75 Å². The van der Waals surface area contributed by atoms with Crippen molar-refractivity contribution in [2.24, 2.45) is 4.99 Å². The number of rotatable bonds is 9. The molecule has 0 aromatic heterocycles. The molecule has 0 aliphatic rings. The maximum absolute atomic E-state index is 10.7. The largest absolute Gasteiger partial charge is 0.495 e. The highest BCUT2D eigenvalue weighted by molar-refractivity contribution is 5.82. The second-order valence-corrected chi connectivity index (χ2v) is 5.63. The number of nitrogens with zero attached hydrogens (tertiary/aromatic N) is 2. The summed E-state index contributed by atoms with van der Waals surface area (Å²) >= 11 is 0. The van der Waals surface area contributed by atoms with Gasteiger partial charge in [-0.2, -0.15) is 0 Å². The fourth-order valence-corrected chi connectivity index (χ4v) is 2.34. The molecule has 0 saturated heterocycles. The number of non-ortho nitro benzene ring substituents is 1. The Morgan fingerprint density at radius 2 is 1.96 bits per heavy atom. The Hall–Kier alpha value is -2.89. The molecule has 0 unspecified atom stereocenters. The normalized spacial score (nSPS) is 10.8. The second-order valence-electron chi connectivity index (χ2n) is 5.63. The molecule has 0 heterocycles. The van der Waals surface area contributed by atoms with E-state index in [9.17, 15) is 10.1 Å². The van der Waals surface area contributed by atoms with E-state index in [1.807, 2.05) is 18.2 Å². The highest BCUT2D eigenvalue weighted by Gasteiger charge is 2.04.